The predicted molar refractivity (Wildman–Crippen MR) is 129 cm³/mol. The number of amides is 3. The van der Waals surface area contributed by atoms with Crippen LogP contribution < -0.4 is 16.2 Å². The summed E-state index contributed by atoms with van der Waals surface area (Å²) in [7, 11) is 0. The van der Waals surface area contributed by atoms with E-state index >= 15 is 0 Å². The summed E-state index contributed by atoms with van der Waals surface area (Å²) in [6, 6.07) is 14.0. The number of rotatable bonds is 6. The summed E-state index contributed by atoms with van der Waals surface area (Å²) < 4.78 is 5.05. The van der Waals surface area contributed by atoms with E-state index in [4.69, 9.17) is 16.3 Å². The van der Waals surface area contributed by atoms with Crippen molar-refractivity contribution in [3.05, 3.63) is 77.1 Å². The molecule has 2 aromatic carbocycles. The second-order valence-electron chi connectivity index (χ2n) is 8.41. The third kappa shape index (κ3) is 4.55. The normalized spacial score (nSPS) is 22.7. The van der Waals surface area contributed by atoms with Gasteiger partial charge in [0.1, 0.15) is 12.7 Å². The lowest BCUT2D eigenvalue weighted by Crippen LogP contribution is -2.54. The third-order valence-electron chi connectivity index (χ3n) is 6.20. The topological polar surface area (TPSA) is 106 Å². The van der Waals surface area contributed by atoms with Gasteiger partial charge in [-0.05, 0) is 43.2 Å². The molecule has 0 saturated carbocycles. The standard InChI is InChI=1S/C24H25ClN6O4/c1-2-35-23(33)17-5-3-4-6-18(17)26-21(32)14-31-24(34)29-11-12-30-20(22(29)28-31)13-19(27-30)15-7-9-16(25)10-8-15/h3-12,19-20,22,27-28H,2,13-14H2,1H3,(H,26,32). The molecular formula is C24H25ClN6O4. The van der Waals surface area contributed by atoms with Gasteiger partial charge in [0.2, 0.25) is 5.91 Å². The van der Waals surface area contributed by atoms with Crippen molar-refractivity contribution < 1.29 is 19.1 Å². The van der Waals surface area contributed by atoms with E-state index < -0.39 is 11.9 Å². The van der Waals surface area contributed by atoms with Crippen LogP contribution in [0, 0.1) is 0 Å². The molecule has 11 heteroatoms. The quantitative estimate of drug-likeness (QED) is 0.528. The molecule has 3 heterocycles. The van der Waals surface area contributed by atoms with Crippen LogP contribution in [0.15, 0.2) is 60.9 Å². The number of hydrazine groups is 2. The van der Waals surface area contributed by atoms with Crippen LogP contribution in [0.5, 0.6) is 0 Å². The Hall–Kier alpha value is -3.60. The number of anilines is 1. The number of urea groups is 1. The maximum atomic E-state index is 13.0. The highest BCUT2D eigenvalue weighted by molar-refractivity contribution is 6.30. The van der Waals surface area contributed by atoms with Crippen LogP contribution in [-0.2, 0) is 9.53 Å². The molecule has 35 heavy (non-hydrogen) atoms. The molecule has 3 unspecified atom stereocenters. The van der Waals surface area contributed by atoms with Gasteiger partial charge in [-0.15, -0.1) is 0 Å². The number of nitrogens with one attached hydrogen (secondary N) is 3. The van der Waals surface area contributed by atoms with Crippen molar-refractivity contribution in [2.24, 2.45) is 0 Å². The summed E-state index contributed by atoms with van der Waals surface area (Å²) in [5.74, 6) is -0.961. The molecule has 2 aromatic rings. The second-order valence-corrected chi connectivity index (χ2v) is 8.84. The Balaban J connectivity index is 1.24. The van der Waals surface area contributed by atoms with Gasteiger partial charge in [-0.3, -0.25) is 9.69 Å². The van der Waals surface area contributed by atoms with E-state index in [1.807, 2.05) is 35.5 Å². The Bertz CT molecular complexity index is 1170. The highest BCUT2D eigenvalue weighted by atomic mass is 35.5. The van der Waals surface area contributed by atoms with E-state index in [0.29, 0.717) is 10.7 Å². The molecule has 3 aliphatic heterocycles. The minimum atomic E-state index is -0.523. The summed E-state index contributed by atoms with van der Waals surface area (Å²) in [4.78, 5) is 39.5. The van der Waals surface area contributed by atoms with Gasteiger partial charge in [-0.25, -0.2) is 25.4 Å². The highest BCUT2D eigenvalue weighted by Crippen LogP contribution is 2.35. The number of hydrogen-bond acceptors (Lipinski definition) is 7. The summed E-state index contributed by atoms with van der Waals surface area (Å²) >= 11 is 6.02. The van der Waals surface area contributed by atoms with E-state index in [2.05, 4.69) is 16.2 Å². The zero-order chi connectivity index (χ0) is 24.5. The van der Waals surface area contributed by atoms with Crippen LogP contribution in [0.2, 0.25) is 5.02 Å². The first-order valence-electron chi connectivity index (χ1n) is 11.3. The highest BCUT2D eigenvalue weighted by Gasteiger charge is 2.48. The molecule has 0 aromatic heterocycles. The van der Waals surface area contributed by atoms with Gasteiger partial charge in [0.05, 0.1) is 29.9 Å². The van der Waals surface area contributed by atoms with Crippen molar-refractivity contribution in [2.45, 2.75) is 31.6 Å². The first-order valence-corrected chi connectivity index (χ1v) is 11.7. The molecule has 5 rings (SSSR count). The van der Waals surface area contributed by atoms with E-state index in [1.165, 1.54) is 5.01 Å². The lowest BCUT2D eigenvalue weighted by atomic mass is 10.00. The second kappa shape index (κ2) is 9.57. The summed E-state index contributed by atoms with van der Waals surface area (Å²) in [6.45, 7) is 1.72. The third-order valence-corrected chi connectivity index (χ3v) is 6.45. The van der Waals surface area contributed by atoms with Gasteiger partial charge < -0.3 is 15.1 Å². The van der Waals surface area contributed by atoms with Gasteiger partial charge in [0.15, 0.2) is 0 Å². The Labute approximate surface area is 207 Å². The maximum Gasteiger partial charge on any atom is 0.340 e. The smallest absolute Gasteiger partial charge is 0.340 e. The largest absolute Gasteiger partial charge is 0.462 e. The molecule has 3 N–H and O–H groups in total. The van der Waals surface area contributed by atoms with Crippen LogP contribution in [-0.4, -0.2) is 58.2 Å². The van der Waals surface area contributed by atoms with Gasteiger partial charge in [-0.1, -0.05) is 35.9 Å². The minimum Gasteiger partial charge on any atom is -0.462 e. The van der Waals surface area contributed by atoms with Crippen molar-refractivity contribution in [3.8, 4) is 0 Å². The Morgan fingerprint density at radius 2 is 1.89 bits per heavy atom. The number of nitrogens with zero attached hydrogens (tertiary/aromatic N) is 3. The molecule has 3 atom stereocenters. The molecule has 0 aliphatic carbocycles. The minimum absolute atomic E-state index is 0.0396. The Morgan fingerprint density at radius 3 is 2.66 bits per heavy atom. The number of carbonyl (C=O) groups is 3. The lowest BCUT2D eigenvalue weighted by Gasteiger charge is -2.34. The zero-order valence-corrected chi connectivity index (χ0v) is 19.7. The zero-order valence-electron chi connectivity index (χ0n) is 19.0. The molecule has 0 spiro atoms. The molecule has 2 saturated heterocycles. The molecule has 3 amide bonds. The molecule has 0 bridgehead atoms. The first-order chi connectivity index (χ1) is 16.9. The van der Waals surface area contributed by atoms with Crippen LogP contribution >= 0.6 is 11.6 Å². The van der Waals surface area contributed by atoms with E-state index in [1.54, 1.807) is 42.3 Å². The Morgan fingerprint density at radius 1 is 1.11 bits per heavy atom. The van der Waals surface area contributed by atoms with Crippen LogP contribution in [0.3, 0.4) is 0 Å². The van der Waals surface area contributed by atoms with E-state index in [-0.39, 0.29) is 43.0 Å². The monoisotopic (exact) mass is 496 g/mol. The molecule has 182 valence electrons. The maximum absolute atomic E-state index is 13.0. The van der Waals surface area contributed by atoms with E-state index in [9.17, 15) is 14.4 Å². The summed E-state index contributed by atoms with van der Waals surface area (Å²) in [6.07, 6.45) is 3.94. The molecule has 2 fully saturated rings. The molecule has 3 aliphatic rings. The number of ether oxygens (including phenoxy) is 1. The van der Waals surface area contributed by atoms with Crippen molar-refractivity contribution in [1.29, 1.82) is 0 Å². The number of halogens is 1. The average Bonchev–Trinajstić information content (AvgIpc) is 3.41. The molecule has 10 nitrogen and oxygen atoms in total. The predicted octanol–water partition coefficient (Wildman–Crippen LogP) is 2.83. The molecule has 0 radical (unpaired) electrons. The average molecular weight is 497 g/mol. The number of carbonyl (C=O) groups excluding carboxylic acids is 3. The van der Waals surface area contributed by atoms with Crippen molar-refractivity contribution >= 4 is 35.2 Å². The van der Waals surface area contributed by atoms with Gasteiger partial charge in [-0.2, -0.15) is 0 Å². The van der Waals surface area contributed by atoms with Crippen LogP contribution in [0.25, 0.3) is 0 Å². The van der Waals surface area contributed by atoms with Crippen LogP contribution in [0.4, 0.5) is 10.5 Å². The van der Waals surface area contributed by atoms with Gasteiger partial charge in [0, 0.05) is 17.4 Å². The van der Waals surface area contributed by atoms with Gasteiger partial charge in [0.25, 0.3) is 0 Å². The summed E-state index contributed by atoms with van der Waals surface area (Å²) in [5, 5.41) is 6.67. The fraction of sp³-hybridized carbons (Fsp3) is 0.292. The van der Waals surface area contributed by atoms with Crippen molar-refractivity contribution in [3.63, 3.8) is 0 Å². The summed E-state index contributed by atoms with van der Waals surface area (Å²) in [5.41, 5.74) is 8.31. The first kappa shape index (κ1) is 23.2. The number of esters is 1. The fourth-order valence-corrected chi connectivity index (χ4v) is 4.68. The number of para-hydroxylation sites is 1. The van der Waals surface area contributed by atoms with Crippen molar-refractivity contribution in [2.75, 3.05) is 18.5 Å². The number of benzene rings is 2. The molecular weight excluding hydrogens is 472 g/mol. The van der Waals surface area contributed by atoms with Gasteiger partial charge >= 0.3 is 12.0 Å². The Kier molecular flexibility index (Phi) is 6.33. The lowest BCUT2D eigenvalue weighted by molar-refractivity contribution is -0.117. The number of fused-ring (bicyclic) bond motifs is 3. The van der Waals surface area contributed by atoms with Crippen molar-refractivity contribution in [1.82, 2.24) is 25.8 Å². The van der Waals surface area contributed by atoms with Crippen LogP contribution in [0.1, 0.15) is 35.3 Å². The fourth-order valence-electron chi connectivity index (χ4n) is 4.56. The SMILES string of the molecule is CCOC(=O)c1ccccc1NC(=O)CN1NC2C3CC(c4ccc(Cl)cc4)NN3C=CN2C1=O. The van der Waals surface area contributed by atoms with E-state index in [0.717, 1.165) is 12.0 Å². The number of hydrogen-bond donors (Lipinski definition) is 3.